The number of fused-ring (bicyclic) bond motifs is 1. The number of hydrogen-bond acceptors (Lipinski definition) is 5. The van der Waals surface area contributed by atoms with Gasteiger partial charge in [-0.05, 0) is 86.5 Å². The van der Waals surface area contributed by atoms with E-state index >= 15 is 0 Å². The zero-order valence-corrected chi connectivity index (χ0v) is 19.2. The summed E-state index contributed by atoms with van der Waals surface area (Å²) in [6.45, 7) is 8.95. The first-order valence-electron chi connectivity index (χ1n) is 10.3. The Hall–Kier alpha value is -1.76. The van der Waals surface area contributed by atoms with Gasteiger partial charge >= 0.3 is 12.1 Å². The molecule has 29 heavy (non-hydrogen) atoms. The standard InChI is InChI=1S/C22H30BrNO5/c1-5-27-20(25)15-11-14-8-9-18(19(23)17(14)12-15)28-13-16-7-6-10-24(16)21(26)29-22(2,3)4/h8-9,15-16H,5-7,10-13H2,1-4H3. The first kappa shape index (κ1) is 21.9. The Morgan fingerprint density at radius 3 is 2.69 bits per heavy atom. The van der Waals surface area contributed by atoms with Gasteiger partial charge in [-0.2, -0.15) is 0 Å². The van der Waals surface area contributed by atoms with E-state index in [1.807, 2.05) is 39.8 Å². The molecule has 6 nitrogen and oxygen atoms in total. The van der Waals surface area contributed by atoms with E-state index in [0.717, 1.165) is 34.2 Å². The average molecular weight is 468 g/mol. The highest BCUT2D eigenvalue weighted by Crippen LogP contribution is 2.39. The molecule has 1 saturated heterocycles. The van der Waals surface area contributed by atoms with Crippen molar-refractivity contribution in [1.29, 1.82) is 0 Å². The first-order chi connectivity index (χ1) is 13.7. The van der Waals surface area contributed by atoms with Gasteiger partial charge in [0.15, 0.2) is 0 Å². The van der Waals surface area contributed by atoms with Gasteiger partial charge < -0.3 is 19.1 Å². The average Bonchev–Trinajstić information content (AvgIpc) is 3.27. The van der Waals surface area contributed by atoms with Gasteiger partial charge in [0.1, 0.15) is 18.0 Å². The molecule has 0 aromatic heterocycles. The topological polar surface area (TPSA) is 65.1 Å². The quantitative estimate of drug-likeness (QED) is 0.596. The molecule has 1 aliphatic heterocycles. The summed E-state index contributed by atoms with van der Waals surface area (Å²) in [6, 6.07) is 3.95. The maximum absolute atomic E-state index is 12.5. The molecule has 0 bridgehead atoms. The van der Waals surface area contributed by atoms with Gasteiger partial charge in [0.2, 0.25) is 0 Å². The molecule has 7 heteroatoms. The number of hydrogen-bond donors (Lipinski definition) is 0. The fourth-order valence-electron chi connectivity index (χ4n) is 3.93. The Bertz CT molecular complexity index is 773. The zero-order valence-electron chi connectivity index (χ0n) is 17.6. The van der Waals surface area contributed by atoms with Gasteiger partial charge in [-0.3, -0.25) is 4.79 Å². The minimum Gasteiger partial charge on any atom is -0.490 e. The number of esters is 1. The van der Waals surface area contributed by atoms with Crippen molar-refractivity contribution in [3.63, 3.8) is 0 Å². The molecule has 1 aromatic carbocycles. The lowest BCUT2D eigenvalue weighted by atomic mass is 10.1. The van der Waals surface area contributed by atoms with E-state index in [9.17, 15) is 9.59 Å². The highest BCUT2D eigenvalue weighted by atomic mass is 79.9. The normalized spacial score (nSPS) is 21.1. The number of rotatable bonds is 5. The van der Waals surface area contributed by atoms with E-state index in [4.69, 9.17) is 14.2 Å². The van der Waals surface area contributed by atoms with Gasteiger partial charge in [-0.15, -0.1) is 0 Å². The second kappa shape index (κ2) is 8.94. The van der Waals surface area contributed by atoms with Crippen LogP contribution in [-0.2, 0) is 27.1 Å². The predicted octanol–water partition coefficient (Wildman–Crippen LogP) is 4.51. The summed E-state index contributed by atoms with van der Waals surface area (Å²) in [4.78, 5) is 26.3. The smallest absolute Gasteiger partial charge is 0.410 e. The fourth-order valence-corrected chi connectivity index (χ4v) is 4.59. The minimum atomic E-state index is -0.510. The lowest BCUT2D eigenvalue weighted by Gasteiger charge is -2.28. The second-order valence-corrected chi connectivity index (χ2v) is 9.45. The molecule has 0 N–H and O–H groups in total. The number of halogens is 1. The van der Waals surface area contributed by atoms with Gasteiger partial charge in [0.25, 0.3) is 0 Å². The van der Waals surface area contributed by atoms with Crippen molar-refractivity contribution in [3.8, 4) is 5.75 Å². The van der Waals surface area contributed by atoms with Crippen LogP contribution in [0.3, 0.4) is 0 Å². The molecule has 2 aliphatic rings. The fraction of sp³-hybridized carbons (Fsp3) is 0.636. The molecule has 1 amide bonds. The highest BCUT2D eigenvalue weighted by Gasteiger charge is 2.34. The van der Waals surface area contributed by atoms with Crippen molar-refractivity contribution < 1.29 is 23.8 Å². The van der Waals surface area contributed by atoms with E-state index in [0.29, 0.717) is 32.6 Å². The van der Waals surface area contributed by atoms with Crippen LogP contribution in [0.5, 0.6) is 5.75 Å². The van der Waals surface area contributed by atoms with E-state index < -0.39 is 5.60 Å². The number of benzene rings is 1. The van der Waals surface area contributed by atoms with Gasteiger partial charge in [0, 0.05) is 6.54 Å². The van der Waals surface area contributed by atoms with Crippen LogP contribution in [0.4, 0.5) is 4.79 Å². The first-order valence-corrected chi connectivity index (χ1v) is 11.1. The maximum atomic E-state index is 12.5. The molecular formula is C22H30BrNO5. The summed E-state index contributed by atoms with van der Waals surface area (Å²) in [7, 11) is 0. The third-order valence-corrected chi connectivity index (χ3v) is 6.15. The van der Waals surface area contributed by atoms with E-state index in [-0.39, 0.29) is 24.0 Å². The third-order valence-electron chi connectivity index (χ3n) is 5.28. The number of amides is 1. The molecule has 1 fully saturated rings. The molecule has 2 atom stereocenters. The van der Waals surface area contributed by atoms with E-state index in [2.05, 4.69) is 15.9 Å². The summed E-state index contributed by atoms with van der Waals surface area (Å²) in [5, 5.41) is 0. The molecule has 160 valence electrons. The Labute approximate surface area is 181 Å². The number of carbonyl (C=O) groups excluding carboxylic acids is 2. The van der Waals surface area contributed by atoms with Crippen LogP contribution in [0.1, 0.15) is 51.7 Å². The Kier molecular flexibility index (Phi) is 6.76. The Morgan fingerprint density at radius 2 is 2.00 bits per heavy atom. The van der Waals surface area contributed by atoms with Crippen molar-refractivity contribution >= 4 is 28.0 Å². The SMILES string of the molecule is CCOC(=O)C1Cc2ccc(OCC3CCCN3C(=O)OC(C)(C)C)c(Br)c2C1. The van der Waals surface area contributed by atoms with Crippen molar-refractivity contribution in [1.82, 2.24) is 4.90 Å². The van der Waals surface area contributed by atoms with Crippen molar-refractivity contribution in [3.05, 3.63) is 27.7 Å². The van der Waals surface area contributed by atoms with E-state index in [1.165, 1.54) is 0 Å². The molecule has 0 saturated carbocycles. The van der Waals surface area contributed by atoms with Gasteiger partial charge in [-0.1, -0.05) is 6.07 Å². The molecular weight excluding hydrogens is 438 g/mol. The monoisotopic (exact) mass is 467 g/mol. The number of likely N-dealkylation sites (tertiary alicyclic amines) is 1. The van der Waals surface area contributed by atoms with Crippen LogP contribution in [0.2, 0.25) is 0 Å². The Balaban J connectivity index is 1.63. The summed E-state index contributed by atoms with van der Waals surface area (Å²) in [5.41, 5.74) is 1.75. The van der Waals surface area contributed by atoms with Crippen molar-refractivity contribution in [2.75, 3.05) is 19.8 Å². The van der Waals surface area contributed by atoms with Crippen molar-refractivity contribution in [2.24, 2.45) is 5.92 Å². The van der Waals surface area contributed by atoms with Gasteiger partial charge in [-0.25, -0.2) is 4.79 Å². The van der Waals surface area contributed by atoms with Gasteiger partial charge in [0.05, 0.1) is 23.0 Å². The molecule has 1 aromatic rings. The van der Waals surface area contributed by atoms with Crippen LogP contribution >= 0.6 is 15.9 Å². The largest absolute Gasteiger partial charge is 0.490 e. The second-order valence-electron chi connectivity index (χ2n) is 8.65. The molecule has 0 spiro atoms. The predicted molar refractivity (Wildman–Crippen MR) is 113 cm³/mol. The lowest BCUT2D eigenvalue weighted by molar-refractivity contribution is -0.147. The van der Waals surface area contributed by atoms with Crippen LogP contribution in [0.15, 0.2) is 16.6 Å². The maximum Gasteiger partial charge on any atom is 0.410 e. The Morgan fingerprint density at radius 1 is 1.24 bits per heavy atom. The van der Waals surface area contributed by atoms with Crippen LogP contribution < -0.4 is 4.74 Å². The molecule has 1 heterocycles. The number of nitrogens with zero attached hydrogens (tertiary/aromatic N) is 1. The lowest BCUT2D eigenvalue weighted by Crippen LogP contribution is -2.42. The summed E-state index contributed by atoms with van der Waals surface area (Å²) >= 11 is 3.66. The minimum absolute atomic E-state index is 0.00251. The summed E-state index contributed by atoms with van der Waals surface area (Å²) in [5.74, 6) is 0.468. The third kappa shape index (κ3) is 5.24. The van der Waals surface area contributed by atoms with Crippen LogP contribution in [-0.4, -0.2) is 48.4 Å². The summed E-state index contributed by atoms with van der Waals surface area (Å²) < 4.78 is 17.7. The zero-order chi connectivity index (χ0) is 21.2. The number of carbonyl (C=O) groups is 2. The van der Waals surface area contributed by atoms with Crippen LogP contribution in [0, 0.1) is 5.92 Å². The molecule has 2 unspecified atom stereocenters. The molecule has 1 aliphatic carbocycles. The summed E-state index contributed by atoms with van der Waals surface area (Å²) in [6.07, 6.45) is 2.91. The van der Waals surface area contributed by atoms with Crippen molar-refractivity contribution in [2.45, 2.75) is 65.0 Å². The molecule has 3 rings (SSSR count). The molecule has 0 radical (unpaired) electrons. The van der Waals surface area contributed by atoms with E-state index in [1.54, 1.807) is 4.90 Å². The van der Waals surface area contributed by atoms with Crippen LogP contribution in [0.25, 0.3) is 0 Å². The number of ether oxygens (including phenoxy) is 3. The highest BCUT2D eigenvalue weighted by molar-refractivity contribution is 9.10.